The topological polar surface area (TPSA) is 100 Å². The number of rotatable bonds is 6. The number of carboxylic acids is 1. The second-order valence-electron chi connectivity index (χ2n) is 7.66. The minimum absolute atomic E-state index is 0.0465. The fourth-order valence-electron chi connectivity index (χ4n) is 3.67. The average molecular weight is 405 g/mol. The van der Waals surface area contributed by atoms with Crippen LogP contribution in [0.4, 0.5) is 8.78 Å². The summed E-state index contributed by atoms with van der Waals surface area (Å²) in [4.78, 5) is 26.4. The van der Waals surface area contributed by atoms with Crippen LogP contribution in [0, 0.1) is 23.5 Å². The summed E-state index contributed by atoms with van der Waals surface area (Å²) in [5.74, 6) is -3.14. The van der Waals surface area contributed by atoms with Crippen LogP contribution in [0.3, 0.4) is 0 Å². The van der Waals surface area contributed by atoms with Gasteiger partial charge in [0.15, 0.2) is 11.5 Å². The van der Waals surface area contributed by atoms with Crippen LogP contribution >= 0.6 is 0 Å². The predicted molar refractivity (Wildman–Crippen MR) is 97.4 cm³/mol. The van der Waals surface area contributed by atoms with Crippen molar-refractivity contribution in [1.29, 1.82) is 0 Å². The third kappa shape index (κ3) is 4.42. The van der Waals surface area contributed by atoms with Crippen molar-refractivity contribution >= 4 is 11.9 Å². The number of carbonyl (C=O) groups is 2. The van der Waals surface area contributed by atoms with E-state index in [9.17, 15) is 23.5 Å². The van der Waals surface area contributed by atoms with Crippen LogP contribution in [0.5, 0.6) is 0 Å². The Bertz CT molecular complexity index is 930. The lowest BCUT2D eigenvalue weighted by Gasteiger charge is -2.36. The molecule has 0 bridgehead atoms. The number of aliphatic carboxylic acids is 1. The minimum atomic E-state index is -0.951. The van der Waals surface area contributed by atoms with Crippen LogP contribution in [-0.2, 0) is 4.79 Å². The van der Waals surface area contributed by atoms with Gasteiger partial charge in [-0.15, -0.1) is 5.10 Å². The molecule has 1 aromatic heterocycles. The molecule has 29 heavy (non-hydrogen) atoms. The van der Waals surface area contributed by atoms with E-state index in [1.54, 1.807) is 0 Å². The Labute approximate surface area is 165 Å². The van der Waals surface area contributed by atoms with E-state index in [-0.39, 0.29) is 11.4 Å². The predicted octanol–water partition coefficient (Wildman–Crippen LogP) is 1.46. The van der Waals surface area contributed by atoms with Gasteiger partial charge in [-0.1, -0.05) is 5.21 Å². The maximum Gasteiger partial charge on any atom is 0.309 e. The molecule has 1 saturated heterocycles. The molecule has 2 fully saturated rings. The highest BCUT2D eigenvalue weighted by molar-refractivity contribution is 5.92. The number of aromatic nitrogens is 3. The zero-order valence-corrected chi connectivity index (χ0v) is 15.6. The fraction of sp³-hybridized carbons (Fsp3) is 0.474. The van der Waals surface area contributed by atoms with Crippen molar-refractivity contribution in [3.63, 3.8) is 0 Å². The van der Waals surface area contributed by atoms with Gasteiger partial charge in [0.25, 0.3) is 5.91 Å². The lowest BCUT2D eigenvalue weighted by molar-refractivity contribution is -0.144. The van der Waals surface area contributed by atoms with Crippen LogP contribution in [0.15, 0.2) is 24.4 Å². The van der Waals surface area contributed by atoms with Gasteiger partial charge in [0.1, 0.15) is 11.5 Å². The molecule has 1 aliphatic carbocycles. The minimum Gasteiger partial charge on any atom is -0.481 e. The van der Waals surface area contributed by atoms with Crippen molar-refractivity contribution in [2.75, 3.05) is 19.6 Å². The molecule has 2 aromatic rings. The van der Waals surface area contributed by atoms with E-state index in [0.29, 0.717) is 24.9 Å². The standard InChI is InChI=1S/C19H21F2N5O3/c20-12-3-4-17(14(21)7-12)26-10-16(23-24-26)18(27)22-15-5-6-25(8-11-1-2-11)9-13(15)19(28)29/h3-4,7,10-11,13,15H,1-2,5-6,8-9H2,(H,22,27)(H,28,29)/t13-,15-/m1/s1. The van der Waals surface area contributed by atoms with Gasteiger partial charge in [-0.2, -0.15) is 0 Å². The molecule has 154 valence electrons. The summed E-state index contributed by atoms with van der Waals surface area (Å²) < 4.78 is 28.0. The number of benzene rings is 1. The molecule has 1 aliphatic heterocycles. The first kappa shape index (κ1) is 19.4. The third-order valence-corrected chi connectivity index (χ3v) is 5.43. The van der Waals surface area contributed by atoms with E-state index in [1.165, 1.54) is 25.1 Å². The maximum atomic E-state index is 13.9. The Morgan fingerprint density at radius 3 is 2.72 bits per heavy atom. The zero-order chi connectivity index (χ0) is 20.5. The van der Waals surface area contributed by atoms with Crippen LogP contribution < -0.4 is 5.32 Å². The van der Waals surface area contributed by atoms with Crippen molar-refractivity contribution in [3.8, 4) is 5.69 Å². The molecule has 2 N–H and O–H groups in total. The van der Waals surface area contributed by atoms with Crippen molar-refractivity contribution in [1.82, 2.24) is 25.2 Å². The molecule has 10 heteroatoms. The van der Waals surface area contributed by atoms with E-state index in [0.717, 1.165) is 23.8 Å². The largest absolute Gasteiger partial charge is 0.481 e. The van der Waals surface area contributed by atoms with Crippen molar-refractivity contribution in [2.45, 2.75) is 25.3 Å². The van der Waals surface area contributed by atoms with Gasteiger partial charge in [-0.25, -0.2) is 13.5 Å². The van der Waals surface area contributed by atoms with Gasteiger partial charge in [0, 0.05) is 31.7 Å². The molecule has 1 saturated carbocycles. The summed E-state index contributed by atoms with van der Waals surface area (Å²) >= 11 is 0. The van der Waals surface area contributed by atoms with Crippen LogP contribution in [-0.4, -0.2) is 62.6 Å². The second kappa shape index (κ2) is 7.86. The highest BCUT2D eigenvalue weighted by Gasteiger charge is 2.37. The molecule has 0 unspecified atom stereocenters. The van der Waals surface area contributed by atoms with Gasteiger partial charge in [-0.05, 0) is 37.3 Å². The first-order chi connectivity index (χ1) is 13.9. The third-order valence-electron chi connectivity index (χ3n) is 5.43. The van der Waals surface area contributed by atoms with Gasteiger partial charge < -0.3 is 15.3 Å². The summed E-state index contributed by atoms with van der Waals surface area (Å²) in [6, 6.07) is 2.45. The number of piperidine rings is 1. The summed E-state index contributed by atoms with van der Waals surface area (Å²) in [5.41, 5.74) is -0.118. The molecule has 2 heterocycles. The number of carbonyl (C=O) groups excluding carboxylic acids is 1. The molecule has 2 atom stereocenters. The Hall–Kier alpha value is -2.88. The lowest BCUT2D eigenvalue weighted by atomic mass is 9.91. The van der Waals surface area contributed by atoms with Crippen molar-refractivity contribution in [3.05, 3.63) is 41.7 Å². The quantitative estimate of drug-likeness (QED) is 0.755. The highest BCUT2D eigenvalue weighted by Crippen LogP contribution is 2.31. The van der Waals surface area contributed by atoms with Crippen LogP contribution in [0.1, 0.15) is 29.8 Å². The first-order valence-electron chi connectivity index (χ1n) is 9.54. The molecule has 0 spiro atoms. The second-order valence-corrected chi connectivity index (χ2v) is 7.66. The number of carboxylic acid groups (broad SMARTS) is 1. The molecule has 4 rings (SSSR count). The van der Waals surface area contributed by atoms with Crippen molar-refractivity contribution < 1.29 is 23.5 Å². The first-order valence-corrected chi connectivity index (χ1v) is 9.54. The summed E-state index contributed by atoms with van der Waals surface area (Å²) in [7, 11) is 0. The number of nitrogens with zero attached hydrogens (tertiary/aromatic N) is 4. The van der Waals surface area contributed by atoms with E-state index >= 15 is 0 Å². The highest BCUT2D eigenvalue weighted by atomic mass is 19.1. The smallest absolute Gasteiger partial charge is 0.309 e. The van der Waals surface area contributed by atoms with E-state index < -0.39 is 35.5 Å². The Kier molecular flexibility index (Phi) is 5.27. The van der Waals surface area contributed by atoms with Crippen LogP contribution in [0.25, 0.3) is 5.69 Å². The molecule has 8 nitrogen and oxygen atoms in total. The number of halogens is 2. The van der Waals surface area contributed by atoms with Gasteiger partial charge in [0.2, 0.25) is 0 Å². The maximum absolute atomic E-state index is 13.9. The summed E-state index contributed by atoms with van der Waals surface area (Å²) in [6.45, 7) is 2.02. The Morgan fingerprint density at radius 2 is 2.03 bits per heavy atom. The molecule has 1 aromatic carbocycles. The SMILES string of the molecule is O=C(N[C@@H]1CCN(CC2CC2)C[C@H]1C(=O)O)c1cn(-c2ccc(F)cc2F)nn1. The van der Waals surface area contributed by atoms with Gasteiger partial charge >= 0.3 is 5.97 Å². The number of hydrogen-bond acceptors (Lipinski definition) is 5. The monoisotopic (exact) mass is 405 g/mol. The van der Waals surface area contributed by atoms with Crippen molar-refractivity contribution in [2.24, 2.45) is 11.8 Å². The normalized spacial score (nSPS) is 22.4. The molecular formula is C19H21F2N5O3. The number of hydrogen-bond donors (Lipinski definition) is 2. The number of amides is 1. The average Bonchev–Trinajstić information content (AvgIpc) is 3.35. The van der Waals surface area contributed by atoms with E-state index in [2.05, 4.69) is 20.5 Å². The number of likely N-dealkylation sites (tertiary alicyclic amines) is 1. The summed E-state index contributed by atoms with van der Waals surface area (Å²) in [6.07, 6.45) is 4.14. The van der Waals surface area contributed by atoms with Gasteiger partial charge in [0.05, 0.1) is 12.1 Å². The van der Waals surface area contributed by atoms with E-state index in [4.69, 9.17) is 0 Å². The lowest BCUT2D eigenvalue weighted by Crippen LogP contribution is -2.54. The molecular weight excluding hydrogens is 384 g/mol. The molecule has 1 amide bonds. The van der Waals surface area contributed by atoms with E-state index in [1.807, 2.05) is 0 Å². The summed E-state index contributed by atoms with van der Waals surface area (Å²) in [5, 5.41) is 19.8. The Balaban J connectivity index is 1.43. The Morgan fingerprint density at radius 1 is 1.24 bits per heavy atom. The van der Waals surface area contributed by atoms with Crippen LogP contribution in [0.2, 0.25) is 0 Å². The fourth-order valence-corrected chi connectivity index (χ4v) is 3.67. The van der Waals surface area contributed by atoms with Gasteiger partial charge in [-0.3, -0.25) is 9.59 Å². The zero-order valence-electron chi connectivity index (χ0n) is 15.6. The molecule has 0 radical (unpaired) electrons. The molecule has 2 aliphatic rings. The number of nitrogens with one attached hydrogen (secondary N) is 1.